The Morgan fingerprint density at radius 3 is 2.47 bits per heavy atom. The van der Waals surface area contributed by atoms with Gasteiger partial charge in [0, 0.05) is 19.7 Å². The quantitative estimate of drug-likeness (QED) is 0.426. The van der Waals surface area contributed by atoms with Crippen LogP contribution in [0.3, 0.4) is 0 Å². The van der Waals surface area contributed by atoms with Crippen molar-refractivity contribution < 1.29 is 14.3 Å². The van der Waals surface area contributed by atoms with Crippen molar-refractivity contribution in [3.63, 3.8) is 0 Å². The van der Waals surface area contributed by atoms with Crippen LogP contribution in [0.5, 0.6) is 0 Å². The lowest BCUT2D eigenvalue weighted by atomic mass is 10.4. The molecule has 88 valence electrons. The molecule has 0 rings (SSSR count). The summed E-state index contributed by atoms with van der Waals surface area (Å²) < 4.78 is 10.4. The molecule has 0 bridgehead atoms. The monoisotopic (exact) mass is 215 g/mol. The van der Waals surface area contributed by atoms with Crippen molar-refractivity contribution >= 4 is 5.91 Å². The van der Waals surface area contributed by atoms with E-state index in [0.717, 1.165) is 0 Å². The molecule has 0 saturated heterocycles. The lowest BCUT2D eigenvalue weighted by Gasteiger charge is -2.18. The van der Waals surface area contributed by atoms with Crippen molar-refractivity contribution in [2.24, 2.45) is 0 Å². The third-order valence-electron chi connectivity index (χ3n) is 1.95. The summed E-state index contributed by atoms with van der Waals surface area (Å²) in [6, 6.07) is 0. The molecule has 0 aliphatic rings. The number of carbonyl (C=O) groups excluding carboxylic acids is 1. The second-order valence-electron chi connectivity index (χ2n) is 2.93. The molecule has 0 N–H and O–H groups in total. The number of ether oxygens (including phenoxy) is 2. The molecule has 0 aliphatic carbocycles. The molecule has 1 amide bonds. The normalized spacial score (nSPS) is 10.0. The highest BCUT2D eigenvalue weighted by atomic mass is 16.5. The van der Waals surface area contributed by atoms with Crippen LogP contribution in [0.2, 0.25) is 0 Å². The molecule has 0 heterocycles. The fraction of sp³-hybridized carbons (Fsp3) is 0.727. The third-order valence-corrected chi connectivity index (χ3v) is 1.95. The minimum absolute atomic E-state index is 0.0501. The second kappa shape index (κ2) is 9.68. The molecule has 0 aliphatic heterocycles. The highest BCUT2D eigenvalue weighted by molar-refractivity contribution is 5.86. The van der Waals surface area contributed by atoms with Crippen LogP contribution in [0.25, 0.3) is 0 Å². The van der Waals surface area contributed by atoms with Crippen LogP contribution in [0.1, 0.15) is 13.8 Å². The lowest BCUT2D eigenvalue weighted by Crippen LogP contribution is -2.32. The van der Waals surface area contributed by atoms with E-state index in [1.807, 2.05) is 13.8 Å². The molecule has 0 aromatic rings. The number of rotatable bonds is 9. The minimum Gasteiger partial charge on any atom is -0.379 e. The van der Waals surface area contributed by atoms with Gasteiger partial charge in [-0.3, -0.25) is 4.79 Å². The van der Waals surface area contributed by atoms with Crippen molar-refractivity contribution in [1.29, 1.82) is 0 Å². The SMILES string of the molecule is C=CC(=O)N(CC)CCOCCOCC. The van der Waals surface area contributed by atoms with Crippen LogP contribution < -0.4 is 0 Å². The number of amides is 1. The zero-order chi connectivity index (χ0) is 11.5. The van der Waals surface area contributed by atoms with Crippen molar-refractivity contribution in [1.82, 2.24) is 4.90 Å². The molecular formula is C11H21NO3. The summed E-state index contributed by atoms with van der Waals surface area (Å²) >= 11 is 0. The molecule has 0 aromatic carbocycles. The van der Waals surface area contributed by atoms with E-state index in [1.165, 1.54) is 6.08 Å². The van der Waals surface area contributed by atoms with Crippen LogP contribution in [-0.2, 0) is 14.3 Å². The maximum atomic E-state index is 11.2. The van der Waals surface area contributed by atoms with Crippen molar-refractivity contribution in [2.75, 3.05) is 39.5 Å². The zero-order valence-corrected chi connectivity index (χ0v) is 9.70. The Labute approximate surface area is 91.8 Å². The Bertz CT molecular complexity index is 183. The van der Waals surface area contributed by atoms with Crippen molar-refractivity contribution in [3.8, 4) is 0 Å². The molecule has 0 unspecified atom stereocenters. The molecular weight excluding hydrogens is 194 g/mol. The Morgan fingerprint density at radius 2 is 1.93 bits per heavy atom. The summed E-state index contributed by atoms with van der Waals surface area (Å²) in [5.74, 6) is -0.0501. The Balaban J connectivity index is 3.46. The molecule has 15 heavy (non-hydrogen) atoms. The minimum atomic E-state index is -0.0501. The molecule has 4 heteroatoms. The molecule has 0 aromatic heterocycles. The van der Waals surface area contributed by atoms with Gasteiger partial charge in [0.25, 0.3) is 0 Å². The van der Waals surface area contributed by atoms with Gasteiger partial charge in [0.15, 0.2) is 0 Å². The third kappa shape index (κ3) is 7.11. The van der Waals surface area contributed by atoms with Gasteiger partial charge in [-0.05, 0) is 19.9 Å². The van der Waals surface area contributed by atoms with Gasteiger partial charge in [-0.15, -0.1) is 0 Å². The van der Waals surface area contributed by atoms with Crippen LogP contribution in [0.15, 0.2) is 12.7 Å². The van der Waals surface area contributed by atoms with E-state index in [1.54, 1.807) is 4.90 Å². The van der Waals surface area contributed by atoms with E-state index in [2.05, 4.69) is 6.58 Å². The Hall–Kier alpha value is -0.870. The van der Waals surface area contributed by atoms with E-state index in [0.29, 0.717) is 39.5 Å². The molecule has 0 saturated carbocycles. The maximum Gasteiger partial charge on any atom is 0.246 e. The van der Waals surface area contributed by atoms with Crippen LogP contribution in [-0.4, -0.2) is 50.3 Å². The van der Waals surface area contributed by atoms with Crippen LogP contribution in [0.4, 0.5) is 0 Å². The largest absolute Gasteiger partial charge is 0.379 e. The predicted molar refractivity (Wildman–Crippen MR) is 59.8 cm³/mol. The Kier molecular flexibility index (Phi) is 9.11. The summed E-state index contributed by atoms with van der Waals surface area (Å²) in [7, 11) is 0. The smallest absolute Gasteiger partial charge is 0.246 e. The second-order valence-corrected chi connectivity index (χ2v) is 2.93. The summed E-state index contributed by atoms with van der Waals surface area (Å²) in [5.41, 5.74) is 0. The van der Waals surface area contributed by atoms with Gasteiger partial charge in [0.2, 0.25) is 5.91 Å². The molecule has 0 spiro atoms. The maximum absolute atomic E-state index is 11.2. The first kappa shape index (κ1) is 14.1. The summed E-state index contributed by atoms with van der Waals surface area (Å²) in [6.07, 6.45) is 1.32. The van der Waals surface area contributed by atoms with Gasteiger partial charge in [0.05, 0.1) is 19.8 Å². The van der Waals surface area contributed by atoms with Gasteiger partial charge >= 0.3 is 0 Å². The fourth-order valence-corrected chi connectivity index (χ4v) is 1.09. The Morgan fingerprint density at radius 1 is 1.27 bits per heavy atom. The number of likely N-dealkylation sites (N-methyl/N-ethyl adjacent to an activating group) is 1. The summed E-state index contributed by atoms with van der Waals surface area (Å²) in [6.45, 7) is 11.0. The van der Waals surface area contributed by atoms with Gasteiger partial charge < -0.3 is 14.4 Å². The van der Waals surface area contributed by atoms with Gasteiger partial charge in [-0.2, -0.15) is 0 Å². The van der Waals surface area contributed by atoms with E-state index < -0.39 is 0 Å². The molecule has 0 atom stereocenters. The highest BCUT2D eigenvalue weighted by Gasteiger charge is 2.06. The van der Waals surface area contributed by atoms with Crippen LogP contribution in [0, 0.1) is 0 Å². The number of carbonyl (C=O) groups is 1. The molecule has 0 fully saturated rings. The van der Waals surface area contributed by atoms with Gasteiger partial charge in [0.1, 0.15) is 0 Å². The van der Waals surface area contributed by atoms with E-state index in [4.69, 9.17) is 9.47 Å². The van der Waals surface area contributed by atoms with Gasteiger partial charge in [-0.1, -0.05) is 6.58 Å². The average molecular weight is 215 g/mol. The topological polar surface area (TPSA) is 38.8 Å². The fourth-order valence-electron chi connectivity index (χ4n) is 1.09. The molecule has 0 radical (unpaired) electrons. The van der Waals surface area contributed by atoms with E-state index >= 15 is 0 Å². The molecule has 4 nitrogen and oxygen atoms in total. The lowest BCUT2D eigenvalue weighted by molar-refractivity contribution is -0.126. The first-order valence-corrected chi connectivity index (χ1v) is 5.33. The number of hydrogen-bond donors (Lipinski definition) is 0. The number of nitrogens with zero attached hydrogens (tertiary/aromatic N) is 1. The summed E-state index contributed by atoms with van der Waals surface area (Å²) in [5, 5.41) is 0. The standard InChI is InChI=1S/C11H21NO3/c1-4-11(13)12(5-2)7-8-15-10-9-14-6-3/h4H,1,5-10H2,2-3H3. The first-order valence-electron chi connectivity index (χ1n) is 5.33. The van der Waals surface area contributed by atoms with Crippen molar-refractivity contribution in [3.05, 3.63) is 12.7 Å². The van der Waals surface area contributed by atoms with Gasteiger partial charge in [-0.25, -0.2) is 0 Å². The first-order chi connectivity index (χ1) is 7.26. The average Bonchev–Trinajstić information content (AvgIpc) is 2.27. The van der Waals surface area contributed by atoms with Crippen LogP contribution >= 0.6 is 0 Å². The predicted octanol–water partition coefficient (Wildman–Crippen LogP) is 1.07. The zero-order valence-electron chi connectivity index (χ0n) is 9.70. The highest BCUT2D eigenvalue weighted by Crippen LogP contribution is 1.90. The van der Waals surface area contributed by atoms with E-state index in [-0.39, 0.29) is 5.91 Å². The van der Waals surface area contributed by atoms with E-state index in [9.17, 15) is 4.79 Å². The number of hydrogen-bond acceptors (Lipinski definition) is 3. The summed E-state index contributed by atoms with van der Waals surface area (Å²) in [4.78, 5) is 12.9. The van der Waals surface area contributed by atoms with Crippen molar-refractivity contribution in [2.45, 2.75) is 13.8 Å².